The Hall–Kier alpha value is -2.27. The third kappa shape index (κ3) is 4.86. The molecule has 0 heterocycles. The maximum atomic E-state index is 13.6. The lowest BCUT2D eigenvalue weighted by Gasteiger charge is -2.22. The first-order chi connectivity index (χ1) is 11.0. The van der Waals surface area contributed by atoms with Crippen LogP contribution in [0.25, 0.3) is 0 Å². The number of nitrogens with zero attached hydrogens (tertiary/aromatic N) is 1. The van der Waals surface area contributed by atoms with Gasteiger partial charge in [-0.1, -0.05) is 36.4 Å². The Kier molecular flexibility index (Phi) is 5.82. The molecular weight excluding hydrogens is 298 g/mol. The molecule has 2 rings (SSSR count). The third-order valence-corrected chi connectivity index (χ3v) is 3.62. The molecule has 0 radical (unpaired) electrons. The van der Waals surface area contributed by atoms with Gasteiger partial charge in [0.1, 0.15) is 11.6 Å². The number of likely N-dealkylation sites (N-methyl/N-ethyl adjacent to an activating group) is 1. The molecule has 1 amide bonds. The van der Waals surface area contributed by atoms with Crippen molar-refractivity contribution >= 4 is 5.91 Å². The molecule has 0 bridgehead atoms. The molecule has 2 aromatic rings. The zero-order valence-corrected chi connectivity index (χ0v) is 13.2. The maximum absolute atomic E-state index is 13.6. The van der Waals surface area contributed by atoms with Gasteiger partial charge in [-0.05, 0) is 18.6 Å². The van der Waals surface area contributed by atoms with E-state index in [1.54, 1.807) is 18.9 Å². The highest BCUT2D eigenvalue weighted by molar-refractivity contribution is 5.81. The molecule has 2 aromatic carbocycles. The standard InChI is InChI=1S/C18H20F2N2O/c1-13(21-11-15-8-9-16(19)10-17(15)20)18(23)22(2)12-14-6-4-3-5-7-14/h3-10,13,21H,11-12H2,1-2H3. The predicted molar refractivity (Wildman–Crippen MR) is 85.6 cm³/mol. The van der Waals surface area contributed by atoms with Gasteiger partial charge in [0.25, 0.3) is 0 Å². The number of nitrogens with one attached hydrogen (secondary N) is 1. The molecule has 0 saturated heterocycles. The number of halogens is 2. The van der Waals surface area contributed by atoms with Gasteiger partial charge in [0.2, 0.25) is 5.91 Å². The quantitative estimate of drug-likeness (QED) is 0.887. The fourth-order valence-corrected chi connectivity index (χ4v) is 2.28. The van der Waals surface area contributed by atoms with Crippen LogP contribution in [-0.4, -0.2) is 23.9 Å². The van der Waals surface area contributed by atoms with Crippen LogP contribution in [0.4, 0.5) is 8.78 Å². The highest BCUT2D eigenvalue weighted by Crippen LogP contribution is 2.10. The predicted octanol–water partition coefficient (Wildman–Crippen LogP) is 3.10. The summed E-state index contributed by atoms with van der Waals surface area (Å²) in [5.74, 6) is -1.32. The molecule has 23 heavy (non-hydrogen) atoms. The van der Waals surface area contributed by atoms with E-state index in [2.05, 4.69) is 5.32 Å². The highest BCUT2D eigenvalue weighted by Gasteiger charge is 2.17. The molecule has 5 heteroatoms. The summed E-state index contributed by atoms with van der Waals surface area (Å²) in [5, 5.41) is 2.97. The first-order valence-electron chi connectivity index (χ1n) is 7.43. The molecule has 0 aromatic heterocycles. The van der Waals surface area contributed by atoms with Crippen LogP contribution in [0, 0.1) is 11.6 Å². The number of benzene rings is 2. The second kappa shape index (κ2) is 7.83. The van der Waals surface area contributed by atoms with Crippen molar-refractivity contribution in [3.63, 3.8) is 0 Å². The van der Waals surface area contributed by atoms with Gasteiger partial charge in [-0.3, -0.25) is 4.79 Å². The Morgan fingerprint density at radius 3 is 2.52 bits per heavy atom. The Labute approximate surface area is 134 Å². The summed E-state index contributed by atoms with van der Waals surface area (Å²) < 4.78 is 26.4. The van der Waals surface area contributed by atoms with Crippen molar-refractivity contribution in [3.05, 3.63) is 71.3 Å². The lowest BCUT2D eigenvalue weighted by molar-refractivity contribution is -0.132. The minimum Gasteiger partial charge on any atom is -0.340 e. The molecule has 0 saturated carbocycles. The van der Waals surface area contributed by atoms with Gasteiger partial charge in [0.15, 0.2) is 0 Å². The van der Waals surface area contributed by atoms with Crippen molar-refractivity contribution in [1.82, 2.24) is 10.2 Å². The van der Waals surface area contributed by atoms with E-state index in [9.17, 15) is 13.6 Å². The number of carbonyl (C=O) groups is 1. The van der Waals surface area contributed by atoms with Crippen LogP contribution in [0.1, 0.15) is 18.1 Å². The zero-order chi connectivity index (χ0) is 16.8. The minimum atomic E-state index is -0.616. The average Bonchev–Trinajstić information content (AvgIpc) is 2.54. The normalized spacial score (nSPS) is 12.0. The molecular formula is C18H20F2N2O. The minimum absolute atomic E-state index is 0.0867. The summed E-state index contributed by atoms with van der Waals surface area (Å²) in [7, 11) is 1.73. The number of amides is 1. The van der Waals surface area contributed by atoms with Crippen molar-refractivity contribution in [1.29, 1.82) is 0 Å². The van der Waals surface area contributed by atoms with E-state index in [1.165, 1.54) is 12.1 Å². The second-order valence-corrected chi connectivity index (χ2v) is 5.52. The summed E-state index contributed by atoms with van der Waals surface area (Å²) in [6.45, 7) is 2.40. The van der Waals surface area contributed by atoms with Gasteiger partial charge in [-0.15, -0.1) is 0 Å². The monoisotopic (exact) mass is 318 g/mol. The number of carbonyl (C=O) groups excluding carboxylic acids is 1. The van der Waals surface area contributed by atoms with Gasteiger partial charge in [0.05, 0.1) is 6.04 Å². The SMILES string of the molecule is CC(NCc1ccc(F)cc1F)C(=O)N(C)Cc1ccccc1. The van der Waals surface area contributed by atoms with Crippen LogP contribution in [0.3, 0.4) is 0 Å². The van der Waals surface area contributed by atoms with Crippen molar-refractivity contribution in [3.8, 4) is 0 Å². The molecule has 1 N–H and O–H groups in total. The lowest BCUT2D eigenvalue weighted by Crippen LogP contribution is -2.42. The molecule has 3 nitrogen and oxygen atoms in total. The largest absolute Gasteiger partial charge is 0.340 e. The lowest BCUT2D eigenvalue weighted by atomic mass is 10.1. The van der Waals surface area contributed by atoms with Crippen molar-refractivity contribution in [2.75, 3.05) is 7.05 Å². The molecule has 122 valence electrons. The Bertz CT molecular complexity index is 661. The fraction of sp³-hybridized carbons (Fsp3) is 0.278. The first kappa shape index (κ1) is 17.1. The van der Waals surface area contributed by atoms with Gasteiger partial charge in [-0.2, -0.15) is 0 Å². The molecule has 0 aliphatic carbocycles. The van der Waals surface area contributed by atoms with Crippen LogP contribution >= 0.6 is 0 Å². The van der Waals surface area contributed by atoms with Gasteiger partial charge in [0, 0.05) is 31.8 Å². The number of hydrogen-bond acceptors (Lipinski definition) is 2. The summed E-state index contributed by atoms with van der Waals surface area (Å²) >= 11 is 0. The van der Waals surface area contributed by atoms with Crippen molar-refractivity contribution in [2.45, 2.75) is 26.1 Å². The summed E-state index contributed by atoms with van der Waals surface area (Å²) in [6.07, 6.45) is 0. The Morgan fingerprint density at radius 2 is 1.87 bits per heavy atom. The molecule has 0 aliphatic rings. The topological polar surface area (TPSA) is 32.3 Å². The molecule has 0 spiro atoms. The van der Waals surface area contributed by atoms with Crippen LogP contribution in [0.5, 0.6) is 0 Å². The van der Waals surface area contributed by atoms with E-state index in [0.717, 1.165) is 11.6 Å². The molecule has 0 fully saturated rings. The molecule has 1 unspecified atom stereocenters. The van der Waals surface area contributed by atoms with Crippen LogP contribution < -0.4 is 5.32 Å². The molecule has 0 aliphatic heterocycles. The van der Waals surface area contributed by atoms with Gasteiger partial charge in [-0.25, -0.2) is 8.78 Å². The van der Waals surface area contributed by atoms with E-state index in [1.807, 2.05) is 30.3 Å². The summed E-state index contributed by atoms with van der Waals surface area (Å²) in [4.78, 5) is 13.9. The maximum Gasteiger partial charge on any atom is 0.239 e. The van der Waals surface area contributed by atoms with E-state index in [4.69, 9.17) is 0 Å². The number of hydrogen-bond donors (Lipinski definition) is 1. The van der Waals surface area contributed by atoms with Crippen molar-refractivity contribution in [2.24, 2.45) is 0 Å². The van der Waals surface area contributed by atoms with E-state index >= 15 is 0 Å². The van der Waals surface area contributed by atoms with Crippen LogP contribution in [-0.2, 0) is 17.9 Å². The van der Waals surface area contributed by atoms with Crippen LogP contribution in [0.2, 0.25) is 0 Å². The zero-order valence-electron chi connectivity index (χ0n) is 13.2. The Balaban J connectivity index is 1.89. The summed E-state index contributed by atoms with van der Waals surface area (Å²) in [6, 6.07) is 12.6. The van der Waals surface area contributed by atoms with Crippen LogP contribution in [0.15, 0.2) is 48.5 Å². The molecule has 1 atom stereocenters. The van der Waals surface area contributed by atoms with E-state index in [0.29, 0.717) is 12.1 Å². The van der Waals surface area contributed by atoms with Gasteiger partial charge < -0.3 is 10.2 Å². The first-order valence-corrected chi connectivity index (χ1v) is 7.43. The van der Waals surface area contributed by atoms with E-state index < -0.39 is 17.7 Å². The van der Waals surface area contributed by atoms with E-state index in [-0.39, 0.29) is 12.5 Å². The fourth-order valence-electron chi connectivity index (χ4n) is 2.28. The van der Waals surface area contributed by atoms with Crippen molar-refractivity contribution < 1.29 is 13.6 Å². The highest BCUT2D eigenvalue weighted by atomic mass is 19.1. The second-order valence-electron chi connectivity index (χ2n) is 5.52. The Morgan fingerprint density at radius 1 is 1.17 bits per heavy atom. The van der Waals surface area contributed by atoms with Gasteiger partial charge >= 0.3 is 0 Å². The summed E-state index contributed by atoms with van der Waals surface area (Å²) in [5.41, 5.74) is 1.37. The number of rotatable bonds is 6. The average molecular weight is 318 g/mol. The smallest absolute Gasteiger partial charge is 0.239 e. The third-order valence-electron chi connectivity index (χ3n) is 3.62.